The molecule has 0 bridgehead atoms. The molecular weight excluding hydrogens is 254 g/mol. The van der Waals surface area contributed by atoms with Crippen LogP contribution in [0.15, 0.2) is 18.5 Å². The van der Waals surface area contributed by atoms with Crippen LogP contribution in [0.5, 0.6) is 0 Å². The number of carbonyl (C=O) groups is 1. The van der Waals surface area contributed by atoms with E-state index in [1.807, 2.05) is 19.9 Å². The van der Waals surface area contributed by atoms with E-state index in [4.69, 9.17) is 4.74 Å². The Labute approximate surface area is 121 Å². The van der Waals surface area contributed by atoms with Gasteiger partial charge >= 0.3 is 0 Å². The lowest BCUT2D eigenvalue weighted by molar-refractivity contribution is 0.0806. The number of amides is 1. The second-order valence-corrected chi connectivity index (χ2v) is 4.94. The molecule has 5 heteroatoms. The van der Waals surface area contributed by atoms with E-state index in [9.17, 15) is 4.79 Å². The molecule has 1 atom stereocenters. The molecule has 0 saturated carbocycles. The van der Waals surface area contributed by atoms with Crippen LogP contribution >= 0.6 is 0 Å². The number of hydrogen-bond acceptors (Lipinski definition) is 4. The highest BCUT2D eigenvalue weighted by molar-refractivity contribution is 5.99. The van der Waals surface area contributed by atoms with E-state index in [0.29, 0.717) is 24.7 Å². The summed E-state index contributed by atoms with van der Waals surface area (Å²) < 4.78 is 5.43. The van der Waals surface area contributed by atoms with Gasteiger partial charge in [-0.05, 0) is 25.8 Å². The van der Waals surface area contributed by atoms with E-state index < -0.39 is 0 Å². The van der Waals surface area contributed by atoms with Crippen molar-refractivity contribution in [2.24, 2.45) is 5.92 Å². The summed E-state index contributed by atoms with van der Waals surface area (Å²) in [4.78, 5) is 16.4. The van der Waals surface area contributed by atoms with Crippen LogP contribution in [0.1, 0.15) is 38.1 Å². The zero-order chi connectivity index (χ0) is 15.0. The third kappa shape index (κ3) is 4.81. The van der Waals surface area contributed by atoms with Crippen LogP contribution in [0.3, 0.4) is 0 Å². The molecule has 2 N–H and O–H groups in total. The van der Waals surface area contributed by atoms with Gasteiger partial charge in [-0.1, -0.05) is 13.8 Å². The summed E-state index contributed by atoms with van der Waals surface area (Å²) in [7, 11) is 0. The zero-order valence-corrected chi connectivity index (χ0v) is 12.8. The van der Waals surface area contributed by atoms with Crippen LogP contribution in [0, 0.1) is 5.92 Å². The summed E-state index contributed by atoms with van der Waals surface area (Å²) in [6.45, 7) is 10.0. The smallest absolute Gasteiger partial charge is 0.255 e. The minimum Gasteiger partial charge on any atom is -0.385 e. The topological polar surface area (TPSA) is 63.2 Å². The Morgan fingerprint density at radius 3 is 2.75 bits per heavy atom. The molecule has 0 fully saturated rings. The van der Waals surface area contributed by atoms with Crippen molar-refractivity contribution in [3.8, 4) is 0 Å². The van der Waals surface area contributed by atoms with Crippen molar-refractivity contribution in [1.82, 2.24) is 10.3 Å². The van der Waals surface area contributed by atoms with Crippen LogP contribution in [0.2, 0.25) is 0 Å². The van der Waals surface area contributed by atoms with Crippen molar-refractivity contribution in [1.29, 1.82) is 0 Å². The van der Waals surface area contributed by atoms with E-state index in [1.54, 1.807) is 12.4 Å². The Morgan fingerprint density at radius 1 is 1.40 bits per heavy atom. The number of anilines is 1. The zero-order valence-electron chi connectivity index (χ0n) is 12.8. The average molecular weight is 279 g/mol. The Kier molecular flexibility index (Phi) is 7.01. The van der Waals surface area contributed by atoms with Crippen molar-refractivity contribution < 1.29 is 9.53 Å². The van der Waals surface area contributed by atoms with Gasteiger partial charge in [0.25, 0.3) is 5.91 Å². The molecule has 1 aromatic rings. The van der Waals surface area contributed by atoms with Gasteiger partial charge in [0.15, 0.2) is 0 Å². The predicted molar refractivity (Wildman–Crippen MR) is 81.0 cm³/mol. The van der Waals surface area contributed by atoms with Crippen molar-refractivity contribution in [3.05, 3.63) is 24.0 Å². The molecular formula is C15H25N3O2. The molecule has 1 aromatic heterocycles. The molecule has 0 aliphatic rings. The lowest BCUT2D eigenvalue weighted by Gasteiger charge is -2.22. The molecule has 0 aromatic carbocycles. The number of ether oxygens (including phenoxy) is 1. The first-order valence-corrected chi connectivity index (χ1v) is 7.16. The molecule has 1 rings (SSSR count). The third-order valence-corrected chi connectivity index (χ3v) is 3.06. The standard InChI is InChI=1S/C15H25N3O2/c1-5-17-13-7-8-16-9-12(13)15(19)18-14(11(3)4)10-20-6-2/h7-9,11,14H,5-6,10H2,1-4H3,(H,16,17)(H,18,19). The number of carbonyl (C=O) groups excluding carboxylic acids is 1. The molecule has 1 unspecified atom stereocenters. The summed E-state index contributed by atoms with van der Waals surface area (Å²) in [5, 5.41) is 6.19. The van der Waals surface area contributed by atoms with Gasteiger partial charge in [-0.25, -0.2) is 0 Å². The van der Waals surface area contributed by atoms with Gasteiger partial charge in [0.1, 0.15) is 0 Å². The second kappa shape index (κ2) is 8.53. The molecule has 0 saturated heterocycles. The quantitative estimate of drug-likeness (QED) is 0.766. The fourth-order valence-electron chi connectivity index (χ4n) is 1.81. The maximum atomic E-state index is 12.4. The first kappa shape index (κ1) is 16.4. The van der Waals surface area contributed by atoms with E-state index >= 15 is 0 Å². The Hall–Kier alpha value is -1.62. The summed E-state index contributed by atoms with van der Waals surface area (Å²) in [5.41, 5.74) is 1.37. The minimum absolute atomic E-state index is 0.00265. The molecule has 20 heavy (non-hydrogen) atoms. The van der Waals surface area contributed by atoms with Gasteiger partial charge in [-0.3, -0.25) is 9.78 Å². The van der Waals surface area contributed by atoms with Gasteiger partial charge in [-0.15, -0.1) is 0 Å². The van der Waals surface area contributed by atoms with Crippen molar-refractivity contribution >= 4 is 11.6 Å². The maximum absolute atomic E-state index is 12.4. The number of rotatable bonds is 8. The van der Waals surface area contributed by atoms with E-state index in [0.717, 1.165) is 12.2 Å². The molecule has 112 valence electrons. The normalized spacial score (nSPS) is 12.2. The van der Waals surface area contributed by atoms with Gasteiger partial charge in [0.2, 0.25) is 0 Å². The first-order chi connectivity index (χ1) is 9.60. The fraction of sp³-hybridized carbons (Fsp3) is 0.600. The highest BCUT2D eigenvalue weighted by Gasteiger charge is 2.19. The largest absolute Gasteiger partial charge is 0.385 e. The predicted octanol–water partition coefficient (Wildman–Crippen LogP) is 2.30. The molecule has 0 radical (unpaired) electrons. The van der Waals surface area contributed by atoms with Gasteiger partial charge in [0.05, 0.1) is 23.9 Å². The van der Waals surface area contributed by atoms with Crippen molar-refractivity contribution in [3.63, 3.8) is 0 Å². The minimum atomic E-state index is -0.118. The highest BCUT2D eigenvalue weighted by Crippen LogP contribution is 2.14. The first-order valence-electron chi connectivity index (χ1n) is 7.16. The van der Waals surface area contributed by atoms with Gasteiger partial charge in [-0.2, -0.15) is 0 Å². The van der Waals surface area contributed by atoms with Crippen molar-refractivity contribution in [2.75, 3.05) is 25.1 Å². The third-order valence-electron chi connectivity index (χ3n) is 3.06. The SMILES string of the molecule is CCNc1ccncc1C(=O)NC(COCC)C(C)C. The number of nitrogens with one attached hydrogen (secondary N) is 2. The molecule has 0 aliphatic heterocycles. The second-order valence-electron chi connectivity index (χ2n) is 4.94. The monoisotopic (exact) mass is 279 g/mol. The lowest BCUT2D eigenvalue weighted by atomic mass is 10.0. The fourth-order valence-corrected chi connectivity index (χ4v) is 1.81. The lowest BCUT2D eigenvalue weighted by Crippen LogP contribution is -2.42. The summed E-state index contributed by atoms with van der Waals surface area (Å²) >= 11 is 0. The van der Waals surface area contributed by atoms with E-state index in [2.05, 4.69) is 29.5 Å². The van der Waals surface area contributed by atoms with Crippen LogP contribution in [0.4, 0.5) is 5.69 Å². The molecule has 1 amide bonds. The van der Waals surface area contributed by atoms with Crippen LogP contribution in [0.25, 0.3) is 0 Å². The number of hydrogen-bond donors (Lipinski definition) is 2. The molecule has 1 heterocycles. The molecule has 5 nitrogen and oxygen atoms in total. The number of aromatic nitrogens is 1. The van der Waals surface area contributed by atoms with Crippen LogP contribution in [-0.4, -0.2) is 36.7 Å². The van der Waals surface area contributed by atoms with E-state index in [-0.39, 0.29) is 11.9 Å². The summed E-state index contributed by atoms with van der Waals surface area (Å²) in [5.74, 6) is 0.192. The molecule has 0 spiro atoms. The van der Waals surface area contributed by atoms with Gasteiger partial charge < -0.3 is 15.4 Å². The Balaban J connectivity index is 2.78. The Bertz CT molecular complexity index is 421. The van der Waals surface area contributed by atoms with E-state index in [1.165, 1.54) is 0 Å². The Morgan fingerprint density at radius 2 is 2.15 bits per heavy atom. The number of pyridine rings is 1. The summed E-state index contributed by atoms with van der Waals surface area (Å²) in [6, 6.07) is 1.81. The highest BCUT2D eigenvalue weighted by atomic mass is 16.5. The van der Waals surface area contributed by atoms with Crippen LogP contribution in [-0.2, 0) is 4.74 Å². The van der Waals surface area contributed by atoms with Crippen molar-refractivity contribution in [2.45, 2.75) is 33.7 Å². The molecule has 0 aliphatic carbocycles. The number of nitrogens with zero attached hydrogens (tertiary/aromatic N) is 1. The summed E-state index contributed by atoms with van der Waals surface area (Å²) in [6.07, 6.45) is 3.26. The van der Waals surface area contributed by atoms with Crippen LogP contribution < -0.4 is 10.6 Å². The van der Waals surface area contributed by atoms with Gasteiger partial charge in [0, 0.05) is 25.5 Å². The maximum Gasteiger partial charge on any atom is 0.255 e. The average Bonchev–Trinajstić information content (AvgIpc) is 2.43.